The number of rotatable bonds is 8. The largest absolute Gasteiger partial charge is 0.497 e. The topological polar surface area (TPSA) is 89.3 Å². The molecule has 0 saturated carbocycles. The number of methoxy groups -OCH3 is 1. The maximum Gasteiger partial charge on any atom is 0.416 e. The first-order chi connectivity index (χ1) is 14.7. The van der Waals surface area contributed by atoms with Crippen LogP contribution in [-0.4, -0.2) is 38.7 Å². The molecule has 0 aliphatic rings. The predicted molar refractivity (Wildman–Crippen MR) is 110 cm³/mol. The molecular weight excluding hydrogens is 457 g/mol. The Morgan fingerprint density at radius 2 is 1.94 bits per heavy atom. The van der Waals surface area contributed by atoms with Gasteiger partial charge in [-0.05, 0) is 42.5 Å². The zero-order valence-electron chi connectivity index (χ0n) is 16.0. The summed E-state index contributed by atoms with van der Waals surface area (Å²) >= 11 is 7.00. The summed E-state index contributed by atoms with van der Waals surface area (Å²) in [4.78, 5) is 11.0. The van der Waals surface area contributed by atoms with Crippen LogP contribution in [0.25, 0.3) is 5.69 Å². The van der Waals surface area contributed by atoms with Gasteiger partial charge in [-0.15, -0.1) is 10.2 Å². The first-order valence-electron chi connectivity index (χ1n) is 8.73. The summed E-state index contributed by atoms with van der Waals surface area (Å²) in [7, 11) is 1.52. The molecule has 1 aromatic heterocycles. The van der Waals surface area contributed by atoms with Gasteiger partial charge in [0.2, 0.25) is 0 Å². The van der Waals surface area contributed by atoms with E-state index >= 15 is 0 Å². The van der Waals surface area contributed by atoms with Gasteiger partial charge in [0.15, 0.2) is 11.0 Å². The highest BCUT2D eigenvalue weighted by Gasteiger charge is 2.31. The van der Waals surface area contributed by atoms with Crippen molar-refractivity contribution in [1.29, 1.82) is 0 Å². The molecule has 3 aromatic rings. The SMILES string of the molecule is COc1ccc(-n2c(CNc3cc(C(F)(F)F)ccc3Cl)nnc2SCC(=O)O)cc1. The van der Waals surface area contributed by atoms with E-state index < -0.39 is 17.7 Å². The highest BCUT2D eigenvalue weighted by Crippen LogP contribution is 2.34. The summed E-state index contributed by atoms with van der Waals surface area (Å²) in [6.07, 6.45) is -4.51. The molecule has 0 radical (unpaired) electrons. The van der Waals surface area contributed by atoms with E-state index in [0.717, 1.165) is 30.0 Å². The number of hydrogen-bond donors (Lipinski definition) is 2. The molecule has 12 heteroatoms. The molecule has 0 fully saturated rings. The van der Waals surface area contributed by atoms with Crippen molar-refractivity contribution in [2.45, 2.75) is 17.9 Å². The Balaban J connectivity index is 1.91. The van der Waals surface area contributed by atoms with Crippen molar-refractivity contribution in [3.8, 4) is 11.4 Å². The van der Waals surface area contributed by atoms with E-state index in [4.69, 9.17) is 21.4 Å². The van der Waals surface area contributed by atoms with Crippen LogP contribution >= 0.6 is 23.4 Å². The summed E-state index contributed by atoms with van der Waals surface area (Å²) in [6, 6.07) is 9.85. The minimum Gasteiger partial charge on any atom is -0.497 e. The van der Waals surface area contributed by atoms with Gasteiger partial charge >= 0.3 is 12.1 Å². The number of carboxylic acids is 1. The fraction of sp³-hybridized carbons (Fsp3) is 0.211. The third kappa shape index (κ3) is 5.61. The van der Waals surface area contributed by atoms with E-state index in [1.54, 1.807) is 28.8 Å². The second kappa shape index (κ2) is 9.48. The van der Waals surface area contributed by atoms with Gasteiger partial charge in [0, 0.05) is 5.69 Å². The monoisotopic (exact) mass is 472 g/mol. The molecule has 0 bridgehead atoms. The number of benzene rings is 2. The quantitative estimate of drug-likeness (QED) is 0.458. The van der Waals surface area contributed by atoms with Gasteiger partial charge in [-0.3, -0.25) is 9.36 Å². The average molecular weight is 473 g/mol. The minimum atomic E-state index is -4.51. The number of alkyl halides is 3. The van der Waals surface area contributed by atoms with Crippen molar-refractivity contribution >= 4 is 35.0 Å². The number of hydrogen-bond acceptors (Lipinski definition) is 6. The molecule has 0 aliphatic carbocycles. The van der Waals surface area contributed by atoms with Gasteiger partial charge in [-0.25, -0.2) is 0 Å². The van der Waals surface area contributed by atoms with Crippen LogP contribution < -0.4 is 10.1 Å². The van der Waals surface area contributed by atoms with Crippen LogP contribution in [0.1, 0.15) is 11.4 Å². The third-order valence-electron chi connectivity index (χ3n) is 4.09. The molecule has 0 atom stereocenters. The lowest BCUT2D eigenvalue weighted by atomic mass is 10.2. The Hall–Kier alpha value is -2.92. The molecule has 1 heterocycles. The number of ether oxygens (including phenoxy) is 1. The molecule has 0 unspecified atom stereocenters. The lowest BCUT2D eigenvalue weighted by Gasteiger charge is -2.14. The average Bonchev–Trinajstić information content (AvgIpc) is 3.13. The minimum absolute atomic E-state index is 0.00626. The Kier molecular flexibility index (Phi) is 6.96. The summed E-state index contributed by atoms with van der Waals surface area (Å²) in [5.74, 6) is -0.288. The van der Waals surface area contributed by atoms with Crippen molar-refractivity contribution in [1.82, 2.24) is 14.8 Å². The van der Waals surface area contributed by atoms with Gasteiger partial charge in [0.05, 0.1) is 35.7 Å². The standard InChI is InChI=1S/C19H16ClF3N4O3S/c1-30-13-5-3-12(4-6-13)27-16(25-26-18(27)31-10-17(28)29)9-24-15-8-11(19(21,22)23)2-7-14(15)20/h2-8,24H,9-10H2,1H3,(H,28,29). The lowest BCUT2D eigenvalue weighted by molar-refractivity contribution is -0.137. The first kappa shape index (κ1) is 22.8. The summed E-state index contributed by atoms with van der Waals surface area (Å²) in [5.41, 5.74) is -0.125. The summed E-state index contributed by atoms with van der Waals surface area (Å²) in [5, 5.41) is 20.3. The zero-order valence-corrected chi connectivity index (χ0v) is 17.6. The fourth-order valence-electron chi connectivity index (χ4n) is 2.64. The highest BCUT2D eigenvalue weighted by atomic mass is 35.5. The molecule has 2 N–H and O–H groups in total. The molecule has 0 aliphatic heterocycles. The van der Waals surface area contributed by atoms with Crippen molar-refractivity contribution in [3.63, 3.8) is 0 Å². The second-order valence-corrected chi connectivity index (χ2v) is 7.51. The Labute approximate surface area is 184 Å². The van der Waals surface area contributed by atoms with E-state index in [-0.39, 0.29) is 23.0 Å². The number of carbonyl (C=O) groups is 1. The Morgan fingerprint density at radius 1 is 1.23 bits per heavy atom. The summed E-state index contributed by atoms with van der Waals surface area (Å²) in [6.45, 7) is -0.00626. The number of halogens is 4. The van der Waals surface area contributed by atoms with E-state index in [1.165, 1.54) is 7.11 Å². The maximum atomic E-state index is 13.0. The van der Waals surface area contributed by atoms with Crippen LogP contribution in [0.3, 0.4) is 0 Å². The number of aliphatic carboxylic acids is 1. The molecule has 7 nitrogen and oxygen atoms in total. The predicted octanol–water partition coefficient (Wildman–Crippen LogP) is 4.74. The van der Waals surface area contributed by atoms with E-state index in [9.17, 15) is 18.0 Å². The number of aromatic nitrogens is 3. The highest BCUT2D eigenvalue weighted by molar-refractivity contribution is 7.99. The number of thioether (sulfide) groups is 1. The normalized spacial score (nSPS) is 11.4. The van der Waals surface area contributed by atoms with Crippen molar-refractivity contribution in [2.75, 3.05) is 18.2 Å². The van der Waals surface area contributed by atoms with Crippen LogP contribution in [0.4, 0.5) is 18.9 Å². The number of carboxylic acid groups (broad SMARTS) is 1. The van der Waals surface area contributed by atoms with Crippen molar-refractivity contribution < 1.29 is 27.8 Å². The van der Waals surface area contributed by atoms with Gasteiger partial charge < -0.3 is 15.2 Å². The van der Waals surface area contributed by atoms with E-state index in [0.29, 0.717) is 22.4 Å². The van der Waals surface area contributed by atoms with Crippen LogP contribution in [0, 0.1) is 0 Å². The third-order valence-corrected chi connectivity index (χ3v) is 5.33. The maximum absolute atomic E-state index is 13.0. The van der Waals surface area contributed by atoms with Crippen molar-refractivity contribution in [2.24, 2.45) is 0 Å². The van der Waals surface area contributed by atoms with Gasteiger partial charge in [-0.2, -0.15) is 13.2 Å². The van der Waals surface area contributed by atoms with E-state index in [2.05, 4.69) is 15.5 Å². The molecule has 0 amide bonds. The van der Waals surface area contributed by atoms with Gasteiger partial charge in [0.25, 0.3) is 0 Å². The second-order valence-electron chi connectivity index (χ2n) is 6.16. The van der Waals surface area contributed by atoms with Crippen LogP contribution in [0.15, 0.2) is 47.6 Å². The smallest absolute Gasteiger partial charge is 0.416 e. The van der Waals surface area contributed by atoms with Gasteiger partial charge in [-0.1, -0.05) is 23.4 Å². The van der Waals surface area contributed by atoms with Crippen LogP contribution in [0.5, 0.6) is 5.75 Å². The van der Waals surface area contributed by atoms with Crippen molar-refractivity contribution in [3.05, 3.63) is 58.9 Å². The molecule has 2 aromatic carbocycles. The molecule has 3 rings (SSSR count). The van der Waals surface area contributed by atoms with E-state index in [1.807, 2.05) is 0 Å². The number of nitrogens with zero attached hydrogens (tertiary/aromatic N) is 3. The number of anilines is 1. The number of nitrogens with one attached hydrogen (secondary N) is 1. The zero-order chi connectivity index (χ0) is 22.6. The van der Waals surface area contributed by atoms with Gasteiger partial charge in [0.1, 0.15) is 5.75 Å². The fourth-order valence-corrected chi connectivity index (χ4v) is 3.51. The molecule has 31 heavy (non-hydrogen) atoms. The Morgan fingerprint density at radius 3 is 2.55 bits per heavy atom. The lowest BCUT2D eigenvalue weighted by Crippen LogP contribution is -2.10. The summed E-state index contributed by atoms with van der Waals surface area (Å²) < 4.78 is 45.8. The Bertz CT molecular complexity index is 1070. The molecular formula is C19H16ClF3N4O3S. The van der Waals surface area contributed by atoms with Crippen LogP contribution in [0.2, 0.25) is 5.02 Å². The molecule has 0 spiro atoms. The molecule has 164 valence electrons. The molecule has 0 saturated heterocycles. The first-order valence-corrected chi connectivity index (χ1v) is 10.1. The van der Waals surface area contributed by atoms with Crippen LogP contribution in [-0.2, 0) is 17.5 Å².